The van der Waals surface area contributed by atoms with Crippen molar-refractivity contribution < 1.29 is 4.79 Å². The van der Waals surface area contributed by atoms with Crippen molar-refractivity contribution in [3.63, 3.8) is 0 Å². The molecule has 18 heavy (non-hydrogen) atoms. The molecule has 1 atom stereocenters. The van der Waals surface area contributed by atoms with Crippen LogP contribution in [0.5, 0.6) is 0 Å². The third kappa shape index (κ3) is 4.25. The van der Waals surface area contributed by atoms with Crippen molar-refractivity contribution in [2.24, 2.45) is 11.1 Å². The lowest BCUT2D eigenvalue weighted by Crippen LogP contribution is -2.55. The molecule has 0 aromatic carbocycles. The number of nitrogens with one attached hydrogen (secondary N) is 1. The van der Waals surface area contributed by atoms with Crippen LogP contribution in [-0.2, 0) is 4.79 Å². The lowest BCUT2D eigenvalue weighted by molar-refractivity contribution is -0.124. The molecule has 0 aliphatic carbocycles. The van der Waals surface area contributed by atoms with E-state index in [-0.39, 0.29) is 5.91 Å². The van der Waals surface area contributed by atoms with E-state index in [1.54, 1.807) is 0 Å². The molecule has 1 aliphatic heterocycles. The van der Waals surface area contributed by atoms with Crippen LogP contribution in [0.1, 0.15) is 47.0 Å². The van der Waals surface area contributed by atoms with Crippen LogP contribution in [0.25, 0.3) is 0 Å². The van der Waals surface area contributed by atoms with Gasteiger partial charge in [-0.25, -0.2) is 0 Å². The van der Waals surface area contributed by atoms with E-state index in [2.05, 4.69) is 24.1 Å². The summed E-state index contributed by atoms with van der Waals surface area (Å²) >= 11 is 0. The first-order valence-electron chi connectivity index (χ1n) is 7.06. The van der Waals surface area contributed by atoms with E-state index in [1.165, 1.54) is 12.8 Å². The van der Waals surface area contributed by atoms with Crippen molar-refractivity contribution in [1.82, 2.24) is 10.2 Å². The van der Waals surface area contributed by atoms with E-state index in [0.29, 0.717) is 5.41 Å². The molecule has 1 heterocycles. The zero-order chi connectivity index (χ0) is 13.8. The van der Waals surface area contributed by atoms with Gasteiger partial charge in [0.15, 0.2) is 0 Å². The Bertz CT molecular complexity index is 281. The van der Waals surface area contributed by atoms with E-state index < -0.39 is 5.54 Å². The van der Waals surface area contributed by atoms with Crippen molar-refractivity contribution in [1.29, 1.82) is 0 Å². The second-order valence-corrected chi connectivity index (χ2v) is 6.48. The van der Waals surface area contributed by atoms with Crippen molar-refractivity contribution in [2.45, 2.75) is 52.5 Å². The monoisotopic (exact) mass is 255 g/mol. The number of nitrogens with two attached hydrogens (primary N) is 1. The van der Waals surface area contributed by atoms with Gasteiger partial charge in [-0.1, -0.05) is 20.8 Å². The number of nitrogens with zero attached hydrogens (tertiary/aromatic N) is 1. The molecule has 0 bridgehead atoms. The molecule has 0 saturated carbocycles. The number of carbonyl (C=O) groups excluding carboxylic acids is 1. The molecule has 1 rings (SSSR count). The van der Waals surface area contributed by atoms with Crippen LogP contribution < -0.4 is 11.1 Å². The van der Waals surface area contributed by atoms with Gasteiger partial charge in [0.05, 0.1) is 5.54 Å². The molecule has 4 heteroatoms. The van der Waals surface area contributed by atoms with Gasteiger partial charge >= 0.3 is 0 Å². The highest BCUT2D eigenvalue weighted by atomic mass is 16.1. The predicted octanol–water partition coefficient (Wildman–Crippen LogP) is 1.35. The standard InChI is InChI=1S/C14H29N3O/c1-5-16-14(4,12(15)18)8-11-17-9-6-13(2,3)7-10-17/h16H,5-11H2,1-4H3,(H2,15,18). The minimum Gasteiger partial charge on any atom is -0.368 e. The molecule has 106 valence electrons. The summed E-state index contributed by atoms with van der Waals surface area (Å²) in [5.41, 5.74) is 5.41. The fraction of sp³-hybridized carbons (Fsp3) is 0.929. The lowest BCUT2D eigenvalue weighted by Gasteiger charge is -2.38. The normalized spacial score (nSPS) is 23.6. The Kier molecular flexibility index (Phi) is 5.17. The number of hydrogen-bond acceptors (Lipinski definition) is 3. The average molecular weight is 255 g/mol. The topological polar surface area (TPSA) is 58.4 Å². The molecule has 1 fully saturated rings. The highest BCUT2D eigenvalue weighted by Gasteiger charge is 2.31. The smallest absolute Gasteiger partial charge is 0.237 e. The van der Waals surface area contributed by atoms with Gasteiger partial charge < -0.3 is 16.0 Å². The number of piperidine rings is 1. The Morgan fingerprint density at radius 3 is 2.39 bits per heavy atom. The first-order chi connectivity index (χ1) is 8.29. The lowest BCUT2D eigenvalue weighted by atomic mass is 9.82. The summed E-state index contributed by atoms with van der Waals surface area (Å²) in [5, 5.41) is 3.21. The van der Waals surface area contributed by atoms with Gasteiger partial charge in [0.2, 0.25) is 5.91 Å². The summed E-state index contributed by atoms with van der Waals surface area (Å²) in [7, 11) is 0. The summed E-state index contributed by atoms with van der Waals surface area (Å²) in [6.07, 6.45) is 3.26. The SMILES string of the molecule is CCNC(C)(CCN1CCC(C)(C)CC1)C(N)=O. The van der Waals surface area contributed by atoms with Gasteiger partial charge in [0, 0.05) is 6.54 Å². The van der Waals surface area contributed by atoms with Gasteiger partial charge in [-0.05, 0) is 51.2 Å². The maximum absolute atomic E-state index is 11.5. The van der Waals surface area contributed by atoms with Crippen molar-refractivity contribution in [3.05, 3.63) is 0 Å². The highest BCUT2D eigenvalue weighted by Crippen LogP contribution is 2.29. The number of likely N-dealkylation sites (N-methyl/N-ethyl adjacent to an activating group) is 1. The Labute approximate surface area is 111 Å². The quantitative estimate of drug-likeness (QED) is 0.753. The van der Waals surface area contributed by atoms with Crippen LogP contribution in [0.2, 0.25) is 0 Å². The fourth-order valence-electron chi connectivity index (χ4n) is 2.45. The van der Waals surface area contributed by atoms with Crippen molar-refractivity contribution in [2.75, 3.05) is 26.2 Å². The highest BCUT2D eigenvalue weighted by molar-refractivity contribution is 5.84. The Balaban J connectivity index is 2.42. The van der Waals surface area contributed by atoms with E-state index in [4.69, 9.17) is 5.73 Å². The van der Waals surface area contributed by atoms with Crippen molar-refractivity contribution >= 4 is 5.91 Å². The average Bonchev–Trinajstić information content (AvgIpc) is 2.28. The zero-order valence-electron chi connectivity index (χ0n) is 12.4. The molecule has 1 unspecified atom stereocenters. The Hall–Kier alpha value is -0.610. The first kappa shape index (κ1) is 15.4. The Morgan fingerprint density at radius 2 is 1.94 bits per heavy atom. The van der Waals surface area contributed by atoms with Crippen LogP contribution in [0.4, 0.5) is 0 Å². The van der Waals surface area contributed by atoms with Crippen LogP contribution in [-0.4, -0.2) is 42.5 Å². The molecule has 1 saturated heterocycles. The minimum absolute atomic E-state index is 0.248. The molecule has 1 aliphatic rings. The van der Waals surface area contributed by atoms with E-state index in [0.717, 1.165) is 32.6 Å². The number of hydrogen-bond donors (Lipinski definition) is 2. The van der Waals surface area contributed by atoms with Crippen molar-refractivity contribution in [3.8, 4) is 0 Å². The maximum atomic E-state index is 11.5. The summed E-state index contributed by atoms with van der Waals surface area (Å²) in [6, 6.07) is 0. The summed E-state index contributed by atoms with van der Waals surface area (Å²) in [4.78, 5) is 14.0. The number of amides is 1. The molecular weight excluding hydrogens is 226 g/mol. The second-order valence-electron chi connectivity index (χ2n) is 6.48. The van der Waals surface area contributed by atoms with Crippen LogP contribution in [0.3, 0.4) is 0 Å². The van der Waals surface area contributed by atoms with Gasteiger partial charge in [0.1, 0.15) is 0 Å². The maximum Gasteiger partial charge on any atom is 0.237 e. The van der Waals surface area contributed by atoms with Gasteiger partial charge in [-0.2, -0.15) is 0 Å². The van der Waals surface area contributed by atoms with E-state index in [9.17, 15) is 4.79 Å². The number of primary amides is 1. The molecule has 1 amide bonds. The molecule has 0 spiro atoms. The van der Waals surface area contributed by atoms with Crippen LogP contribution in [0.15, 0.2) is 0 Å². The molecule has 0 aromatic rings. The first-order valence-corrected chi connectivity index (χ1v) is 7.06. The fourth-order valence-corrected chi connectivity index (χ4v) is 2.45. The molecular formula is C14H29N3O. The predicted molar refractivity (Wildman–Crippen MR) is 75.3 cm³/mol. The van der Waals surface area contributed by atoms with E-state index in [1.807, 2.05) is 13.8 Å². The molecule has 0 aromatic heterocycles. The van der Waals surface area contributed by atoms with Gasteiger partial charge in [-0.3, -0.25) is 4.79 Å². The van der Waals surface area contributed by atoms with Gasteiger partial charge in [-0.15, -0.1) is 0 Å². The number of likely N-dealkylation sites (tertiary alicyclic amines) is 1. The third-order valence-electron chi connectivity index (χ3n) is 4.25. The van der Waals surface area contributed by atoms with Gasteiger partial charge in [0.25, 0.3) is 0 Å². The largest absolute Gasteiger partial charge is 0.368 e. The Morgan fingerprint density at radius 1 is 1.39 bits per heavy atom. The molecule has 4 nitrogen and oxygen atoms in total. The summed E-state index contributed by atoms with van der Waals surface area (Å²) < 4.78 is 0. The van der Waals surface area contributed by atoms with Crippen LogP contribution >= 0.6 is 0 Å². The number of carbonyl (C=O) groups is 1. The van der Waals surface area contributed by atoms with E-state index >= 15 is 0 Å². The second kappa shape index (κ2) is 6.02. The summed E-state index contributed by atoms with van der Waals surface area (Å²) in [6.45, 7) is 12.6. The minimum atomic E-state index is -0.568. The summed E-state index contributed by atoms with van der Waals surface area (Å²) in [5.74, 6) is -0.248. The number of rotatable bonds is 6. The third-order valence-corrected chi connectivity index (χ3v) is 4.25. The zero-order valence-corrected chi connectivity index (χ0v) is 12.4. The molecule has 0 radical (unpaired) electrons. The molecule has 3 N–H and O–H groups in total. The van der Waals surface area contributed by atoms with Crippen LogP contribution in [0, 0.1) is 5.41 Å².